The molecule has 0 radical (unpaired) electrons. The molecule has 0 aromatic heterocycles. The predicted molar refractivity (Wildman–Crippen MR) is 93.2 cm³/mol. The van der Waals surface area contributed by atoms with Crippen LogP contribution >= 0.6 is 0 Å². The summed E-state index contributed by atoms with van der Waals surface area (Å²) in [4.78, 5) is 7.51. The van der Waals surface area contributed by atoms with Crippen LogP contribution in [-0.2, 0) is 0 Å². The fourth-order valence-electron chi connectivity index (χ4n) is 3.80. The van der Waals surface area contributed by atoms with Crippen molar-refractivity contribution in [3.8, 4) is 0 Å². The molecule has 0 unspecified atom stereocenters. The Hall–Kier alpha value is 0.314. The molecule has 3 nitrogen and oxygen atoms in total. The van der Waals surface area contributed by atoms with Crippen LogP contribution in [0, 0.1) is 0 Å². The number of hydrogen-bond donors (Lipinski definition) is 2. The van der Waals surface area contributed by atoms with Crippen LogP contribution in [0.5, 0.6) is 0 Å². The lowest BCUT2D eigenvalue weighted by Crippen LogP contribution is -2.81. The van der Waals surface area contributed by atoms with Gasteiger partial charge in [0.25, 0.3) is 8.56 Å². The standard InChI is InChI=1S/C14H37N3Si2/c1-10-17(18(11-2,12-3)13-4)19(15-8,16-9)14(5,6)7/h15-16H,10-13H2,1-9H3. The normalized spacial score (nSPS) is 14.2. The van der Waals surface area contributed by atoms with Crippen LogP contribution < -0.4 is 9.96 Å². The van der Waals surface area contributed by atoms with Gasteiger partial charge in [-0.1, -0.05) is 48.5 Å². The average Bonchev–Trinajstić information content (AvgIpc) is 2.39. The van der Waals surface area contributed by atoms with Crippen molar-refractivity contribution in [2.45, 2.75) is 71.6 Å². The molecule has 0 heterocycles. The number of nitrogens with zero attached hydrogens (tertiary/aromatic N) is 1. The molecule has 0 amide bonds. The molecule has 0 rings (SSSR count). The maximum Gasteiger partial charge on any atom is 0.282 e. The minimum Gasteiger partial charge on any atom is -0.321 e. The third-order valence-electron chi connectivity index (χ3n) is 5.08. The molecular weight excluding hydrogens is 266 g/mol. The van der Waals surface area contributed by atoms with E-state index in [1.165, 1.54) is 18.1 Å². The molecular formula is C14H37N3Si2. The number of rotatable bonds is 8. The average molecular weight is 304 g/mol. The summed E-state index contributed by atoms with van der Waals surface area (Å²) >= 11 is 0. The van der Waals surface area contributed by atoms with E-state index in [0.29, 0.717) is 0 Å². The van der Waals surface area contributed by atoms with E-state index in [9.17, 15) is 0 Å². The third-order valence-corrected chi connectivity index (χ3v) is 17.7. The first-order chi connectivity index (χ1) is 8.75. The molecule has 0 saturated carbocycles. The lowest BCUT2D eigenvalue weighted by Gasteiger charge is -2.56. The number of nitrogens with one attached hydrogen (secondary N) is 2. The Morgan fingerprint density at radius 2 is 1.21 bits per heavy atom. The van der Waals surface area contributed by atoms with E-state index in [-0.39, 0.29) is 5.04 Å². The van der Waals surface area contributed by atoms with Crippen molar-refractivity contribution in [3.63, 3.8) is 0 Å². The van der Waals surface area contributed by atoms with E-state index in [4.69, 9.17) is 0 Å². The molecule has 0 saturated heterocycles. The van der Waals surface area contributed by atoms with Crippen LogP contribution in [-0.4, -0.2) is 41.7 Å². The molecule has 5 heteroatoms. The molecule has 0 aliphatic rings. The van der Waals surface area contributed by atoms with Crippen LogP contribution in [0.25, 0.3) is 0 Å². The van der Waals surface area contributed by atoms with Crippen LogP contribution in [0.15, 0.2) is 0 Å². The maximum absolute atomic E-state index is 3.75. The summed E-state index contributed by atoms with van der Waals surface area (Å²) < 4.78 is 2.92. The highest BCUT2D eigenvalue weighted by atomic mass is 28.4. The summed E-state index contributed by atoms with van der Waals surface area (Å²) in [6, 6.07) is 4.05. The van der Waals surface area contributed by atoms with Gasteiger partial charge in [-0.15, -0.1) is 0 Å². The van der Waals surface area contributed by atoms with Crippen molar-refractivity contribution in [1.29, 1.82) is 0 Å². The van der Waals surface area contributed by atoms with E-state index < -0.39 is 16.8 Å². The highest BCUT2D eigenvalue weighted by Gasteiger charge is 2.54. The second kappa shape index (κ2) is 7.36. The first-order valence-electron chi connectivity index (χ1n) is 7.90. The Balaban J connectivity index is 5.87. The monoisotopic (exact) mass is 303 g/mol. The van der Waals surface area contributed by atoms with E-state index in [0.717, 1.165) is 6.54 Å². The lowest BCUT2D eigenvalue weighted by molar-refractivity contribution is 0.510. The van der Waals surface area contributed by atoms with Crippen LogP contribution in [0.4, 0.5) is 0 Å². The molecule has 0 aromatic rings. The van der Waals surface area contributed by atoms with Crippen molar-refractivity contribution >= 4 is 16.8 Å². The van der Waals surface area contributed by atoms with E-state index >= 15 is 0 Å². The predicted octanol–water partition coefficient (Wildman–Crippen LogP) is 3.49. The molecule has 116 valence electrons. The first-order valence-corrected chi connectivity index (χ1v) is 12.4. The minimum absolute atomic E-state index is 0.268. The van der Waals surface area contributed by atoms with Gasteiger partial charge in [0.15, 0.2) is 0 Å². The molecule has 0 aliphatic carbocycles. The smallest absolute Gasteiger partial charge is 0.282 e. The molecule has 19 heavy (non-hydrogen) atoms. The van der Waals surface area contributed by atoms with E-state index in [1.807, 2.05) is 0 Å². The van der Waals surface area contributed by atoms with Crippen molar-refractivity contribution in [3.05, 3.63) is 0 Å². The van der Waals surface area contributed by atoms with Gasteiger partial charge < -0.3 is 14.2 Å². The van der Waals surface area contributed by atoms with Gasteiger partial charge in [-0.2, -0.15) is 0 Å². The van der Waals surface area contributed by atoms with Crippen LogP contribution in [0.3, 0.4) is 0 Å². The maximum atomic E-state index is 3.75. The SMILES string of the molecule is CCN([Si](CC)(CC)CC)[Si](NC)(NC)C(C)(C)C. The van der Waals surface area contributed by atoms with Crippen LogP contribution in [0.2, 0.25) is 23.2 Å². The zero-order chi connectivity index (χ0) is 15.3. The molecule has 0 aromatic carbocycles. The highest BCUT2D eigenvalue weighted by molar-refractivity contribution is 6.91. The Bertz CT molecular complexity index is 248. The molecule has 0 bridgehead atoms. The third kappa shape index (κ3) is 3.32. The van der Waals surface area contributed by atoms with Gasteiger partial charge in [0, 0.05) is 0 Å². The molecule has 0 aliphatic heterocycles. The molecule has 2 N–H and O–H groups in total. The summed E-state index contributed by atoms with van der Waals surface area (Å²) in [5.41, 5.74) is 0. The zero-order valence-corrected chi connectivity index (χ0v) is 16.8. The second-order valence-corrected chi connectivity index (χ2v) is 16.5. The quantitative estimate of drug-likeness (QED) is 0.672. The Morgan fingerprint density at radius 3 is 1.37 bits per heavy atom. The molecule has 0 atom stereocenters. The molecule has 0 fully saturated rings. The van der Waals surface area contributed by atoms with E-state index in [1.54, 1.807) is 0 Å². The largest absolute Gasteiger partial charge is 0.321 e. The summed E-state index contributed by atoms with van der Waals surface area (Å²) in [5, 5.41) is 0.268. The van der Waals surface area contributed by atoms with Crippen molar-refractivity contribution in [2.75, 3.05) is 20.6 Å². The second-order valence-electron chi connectivity index (χ2n) is 6.49. The van der Waals surface area contributed by atoms with Gasteiger partial charge in [0.05, 0.1) is 0 Å². The Labute approximate surface area is 123 Å². The van der Waals surface area contributed by atoms with Gasteiger partial charge >= 0.3 is 0 Å². The van der Waals surface area contributed by atoms with Crippen molar-refractivity contribution in [1.82, 2.24) is 14.2 Å². The zero-order valence-electron chi connectivity index (χ0n) is 14.8. The molecule has 0 spiro atoms. The first kappa shape index (κ1) is 19.3. The lowest BCUT2D eigenvalue weighted by atomic mass is 10.3. The number of hydrogen-bond acceptors (Lipinski definition) is 3. The topological polar surface area (TPSA) is 27.3 Å². The van der Waals surface area contributed by atoms with Gasteiger partial charge in [0.1, 0.15) is 8.24 Å². The summed E-state index contributed by atoms with van der Waals surface area (Å²) in [6.07, 6.45) is 0. The summed E-state index contributed by atoms with van der Waals surface area (Å²) in [7, 11) is 1.06. The fraction of sp³-hybridized carbons (Fsp3) is 1.00. The summed E-state index contributed by atoms with van der Waals surface area (Å²) in [6.45, 7) is 17.8. The minimum atomic E-state index is -1.88. The van der Waals surface area contributed by atoms with Crippen molar-refractivity contribution in [2.24, 2.45) is 0 Å². The van der Waals surface area contributed by atoms with Crippen LogP contribution in [0.1, 0.15) is 48.5 Å². The van der Waals surface area contributed by atoms with Gasteiger partial charge in [-0.25, -0.2) is 0 Å². The van der Waals surface area contributed by atoms with E-state index in [2.05, 4.69) is 76.8 Å². The summed E-state index contributed by atoms with van der Waals surface area (Å²) in [5.74, 6) is 0. The fourth-order valence-corrected chi connectivity index (χ4v) is 16.6. The Kier molecular flexibility index (Phi) is 7.48. The van der Waals surface area contributed by atoms with Crippen molar-refractivity contribution < 1.29 is 0 Å². The Morgan fingerprint density at radius 1 is 0.842 bits per heavy atom. The van der Waals surface area contributed by atoms with Gasteiger partial charge in [-0.3, -0.25) is 0 Å². The van der Waals surface area contributed by atoms with Gasteiger partial charge in [0.2, 0.25) is 0 Å². The van der Waals surface area contributed by atoms with Gasteiger partial charge in [-0.05, 0) is 43.8 Å². The highest BCUT2D eigenvalue weighted by Crippen LogP contribution is 2.39.